The number of nitrogens with zero attached hydrogens (tertiary/aromatic N) is 2. The molecule has 2 aromatic rings. The zero-order valence-corrected chi connectivity index (χ0v) is 16.8. The SMILES string of the molecule is C=CCN(C)[C@@H](C(=O)Nc1ccc(C(C)(C)C)cc1)c1ccc(OC)nc1. The molecule has 1 atom stereocenters. The Bertz CT molecular complexity index is 762. The van der Waals surface area contributed by atoms with Gasteiger partial charge in [0.2, 0.25) is 11.8 Å². The van der Waals surface area contributed by atoms with Crippen LogP contribution in [-0.4, -0.2) is 36.5 Å². The van der Waals surface area contributed by atoms with E-state index in [2.05, 4.69) is 37.7 Å². The van der Waals surface area contributed by atoms with E-state index in [-0.39, 0.29) is 11.3 Å². The Morgan fingerprint density at radius 1 is 1.26 bits per heavy atom. The molecule has 1 heterocycles. The molecule has 0 aliphatic heterocycles. The molecule has 1 aromatic carbocycles. The number of carbonyl (C=O) groups is 1. The van der Waals surface area contributed by atoms with Crippen LogP contribution in [0.3, 0.4) is 0 Å². The number of likely N-dealkylation sites (N-methyl/N-ethyl adjacent to an activating group) is 1. The van der Waals surface area contributed by atoms with Gasteiger partial charge in [-0.1, -0.05) is 45.0 Å². The van der Waals surface area contributed by atoms with Gasteiger partial charge in [-0.15, -0.1) is 6.58 Å². The number of ether oxygens (including phenoxy) is 1. The minimum Gasteiger partial charge on any atom is -0.481 e. The quantitative estimate of drug-likeness (QED) is 0.746. The Balaban J connectivity index is 2.23. The first-order valence-electron chi connectivity index (χ1n) is 8.98. The smallest absolute Gasteiger partial charge is 0.246 e. The van der Waals surface area contributed by atoms with Gasteiger partial charge in [-0.05, 0) is 35.7 Å². The van der Waals surface area contributed by atoms with E-state index in [1.807, 2.05) is 42.3 Å². The Morgan fingerprint density at radius 2 is 1.93 bits per heavy atom. The molecule has 0 saturated heterocycles. The topological polar surface area (TPSA) is 54.5 Å². The van der Waals surface area contributed by atoms with E-state index in [0.29, 0.717) is 12.4 Å². The molecule has 1 N–H and O–H groups in total. The van der Waals surface area contributed by atoms with Gasteiger partial charge in [-0.2, -0.15) is 0 Å². The summed E-state index contributed by atoms with van der Waals surface area (Å²) in [6, 6.07) is 11.1. The molecule has 1 amide bonds. The minimum atomic E-state index is -0.483. The zero-order valence-electron chi connectivity index (χ0n) is 16.8. The molecule has 0 unspecified atom stereocenters. The molecular weight excluding hydrogens is 338 g/mol. The summed E-state index contributed by atoms with van der Waals surface area (Å²) in [5.41, 5.74) is 2.86. The van der Waals surface area contributed by atoms with Crippen LogP contribution in [0, 0.1) is 0 Å². The van der Waals surface area contributed by atoms with E-state index < -0.39 is 6.04 Å². The molecule has 2 rings (SSSR count). The molecule has 0 aliphatic carbocycles. The fourth-order valence-corrected chi connectivity index (χ4v) is 2.85. The van der Waals surface area contributed by atoms with E-state index in [1.165, 1.54) is 5.56 Å². The van der Waals surface area contributed by atoms with Crippen molar-refractivity contribution >= 4 is 11.6 Å². The molecule has 5 heteroatoms. The summed E-state index contributed by atoms with van der Waals surface area (Å²) in [5.74, 6) is 0.400. The van der Waals surface area contributed by atoms with Crippen LogP contribution in [-0.2, 0) is 10.2 Å². The molecule has 0 bridgehead atoms. The number of hydrogen-bond acceptors (Lipinski definition) is 4. The number of hydrogen-bond donors (Lipinski definition) is 1. The third-order valence-electron chi connectivity index (χ3n) is 4.41. The van der Waals surface area contributed by atoms with Gasteiger partial charge in [-0.3, -0.25) is 9.69 Å². The van der Waals surface area contributed by atoms with Gasteiger partial charge in [-0.25, -0.2) is 4.98 Å². The highest BCUT2D eigenvalue weighted by molar-refractivity contribution is 5.95. The number of carbonyl (C=O) groups excluding carboxylic acids is 1. The average molecular weight is 367 g/mol. The molecule has 0 fully saturated rings. The van der Waals surface area contributed by atoms with Crippen molar-refractivity contribution in [1.29, 1.82) is 0 Å². The van der Waals surface area contributed by atoms with Crippen molar-refractivity contribution in [2.24, 2.45) is 0 Å². The highest BCUT2D eigenvalue weighted by Gasteiger charge is 2.25. The molecular formula is C22H29N3O2. The van der Waals surface area contributed by atoms with E-state index in [1.54, 1.807) is 25.4 Å². The van der Waals surface area contributed by atoms with E-state index in [9.17, 15) is 4.79 Å². The van der Waals surface area contributed by atoms with Crippen molar-refractivity contribution in [3.05, 3.63) is 66.4 Å². The lowest BCUT2D eigenvalue weighted by Crippen LogP contribution is -2.35. The van der Waals surface area contributed by atoms with Gasteiger partial charge in [0.05, 0.1) is 7.11 Å². The Labute approximate surface area is 162 Å². The van der Waals surface area contributed by atoms with Crippen molar-refractivity contribution in [2.75, 3.05) is 26.0 Å². The predicted molar refractivity (Wildman–Crippen MR) is 110 cm³/mol. The van der Waals surface area contributed by atoms with E-state index >= 15 is 0 Å². The fraction of sp³-hybridized carbons (Fsp3) is 0.364. The molecule has 144 valence electrons. The summed E-state index contributed by atoms with van der Waals surface area (Å²) >= 11 is 0. The van der Waals surface area contributed by atoms with Gasteiger partial charge >= 0.3 is 0 Å². The van der Waals surface area contributed by atoms with Crippen LogP contribution >= 0.6 is 0 Å². The predicted octanol–water partition coefficient (Wildman–Crippen LogP) is 4.19. The van der Waals surface area contributed by atoms with Crippen LogP contribution in [0.1, 0.15) is 37.9 Å². The zero-order chi connectivity index (χ0) is 20.0. The van der Waals surface area contributed by atoms with Crippen molar-refractivity contribution in [3.63, 3.8) is 0 Å². The van der Waals surface area contributed by atoms with Crippen molar-refractivity contribution in [2.45, 2.75) is 32.2 Å². The second kappa shape index (κ2) is 8.82. The summed E-state index contributed by atoms with van der Waals surface area (Å²) in [4.78, 5) is 19.2. The summed E-state index contributed by atoms with van der Waals surface area (Å²) in [7, 11) is 3.45. The second-order valence-corrected chi connectivity index (χ2v) is 7.58. The van der Waals surface area contributed by atoms with E-state index in [0.717, 1.165) is 11.3 Å². The average Bonchev–Trinajstić information content (AvgIpc) is 2.62. The Hall–Kier alpha value is -2.66. The summed E-state index contributed by atoms with van der Waals surface area (Å²) in [6.07, 6.45) is 3.45. The van der Waals surface area contributed by atoms with Gasteiger partial charge < -0.3 is 10.1 Å². The first-order chi connectivity index (χ1) is 12.8. The molecule has 0 radical (unpaired) electrons. The van der Waals surface area contributed by atoms with Crippen LogP contribution in [0.2, 0.25) is 0 Å². The van der Waals surface area contributed by atoms with Crippen molar-refractivity contribution in [3.8, 4) is 5.88 Å². The number of methoxy groups -OCH3 is 1. The maximum Gasteiger partial charge on any atom is 0.246 e. The number of nitrogens with one attached hydrogen (secondary N) is 1. The lowest BCUT2D eigenvalue weighted by atomic mass is 9.87. The van der Waals surface area contributed by atoms with E-state index in [4.69, 9.17) is 4.74 Å². The molecule has 5 nitrogen and oxygen atoms in total. The lowest BCUT2D eigenvalue weighted by molar-refractivity contribution is -0.120. The Kier molecular flexibility index (Phi) is 6.75. The van der Waals surface area contributed by atoms with Gasteiger partial charge in [0.1, 0.15) is 6.04 Å². The molecule has 0 aliphatic rings. The lowest BCUT2D eigenvalue weighted by Gasteiger charge is -2.26. The molecule has 0 spiro atoms. The monoisotopic (exact) mass is 367 g/mol. The van der Waals surface area contributed by atoms with Gasteiger partial charge in [0, 0.05) is 24.5 Å². The largest absolute Gasteiger partial charge is 0.481 e. The number of anilines is 1. The fourth-order valence-electron chi connectivity index (χ4n) is 2.85. The highest BCUT2D eigenvalue weighted by atomic mass is 16.5. The molecule has 1 aromatic heterocycles. The third kappa shape index (κ3) is 5.41. The third-order valence-corrected chi connectivity index (χ3v) is 4.41. The summed E-state index contributed by atoms with van der Waals surface area (Å²) < 4.78 is 5.11. The molecule has 0 saturated carbocycles. The number of rotatable bonds is 7. The number of aromatic nitrogens is 1. The number of amides is 1. The summed E-state index contributed by atoms with van der Waals surface area (Å²) in [6.45, 7) is 10.8. The second-order valence-electron chi connectivity index (χ2n) is 7.58. The first kappa shape index (κ1) is 20.6. The Morgan fingerprint density at radius 3 is 2.41 bits per heavy atom. The standard InChI is InChI=1S/C22H29N3O2/c1-7-14-25(5)20(16-8-13-19(27-6)23-15-16)21(26)24-18-11-9-17(10-12-18)22(2,3)4/h7-13,15,20H,1,14H2,2-6H3,(H,24,26)/t20-/m1/s1. The number of benzene rings is 1. The number of pyridine rings is 1. The molecule has 27 heavy (non-hydrogen) atoms. The van der Waals surface area contributed by atoms with Crippen molar-refractivity contribution < 1.29 is 9.53 Å². The van der Waals surface area contributed by atoms with Crippen LogP contribution in [0.25, 0.3) is 0 Å². The minimum absolute atomic E-state index is 0.0734. The van der Waals surface area contributed by atoms with Gasteiger partial charge in [0.25, 0.3) is 0 Å². The normalized spacial score (nSPS) is 12.5. The van der Waals surface area contributed by atoms with Crippen molar-refractivity contribution in [1.82, 2.24) is 9.88 Å². The maximum absolute atomic E-state index is 13.0. The summed E-state index contributed by atoms with van der Waals surface area (Å²) in [5, 5.41) is 3.01. The highest BCUT2D eigenvalue weighted by Crippen LogP contribution is 2.25. The van der Waals surface area contributed by atoms with Crippen LogP contribution in [0.15, 0.2) is 55.3 Å². The van der Waals surface area contributed by atoms with Crippen LogP contribution < -0.4 is 10.1 Å². The van der Waals surface area contributed by atoms with Crippen LogP contribution in [0.5, 0.6) is 5.88 Å². The maximum atomic E-state index is 13.0. The van der Waals surface area contributed by atoms with Crippen LogP contribution in [0.4, 0.5) is 5.69 Å². The van der Waals surface area contributed by atoms with Gasteiger partial charge in [0.15, 0.2) is 0 Å². The first-order valence-corrected chi connectivity index (χ1v) is 8.98.